The number of aromatic amines is 2. The minimum atomic E-state index is -1.59. The fraction of sp³-hybridized carbons (Fsp3) is 0.500. The molecule has 2 heterocycles. The molecular weight excluding hydrogens is 1170 g/mol. The fourth-order valence-corrected chi connectivity index (χ4v) is 9.31. The van der Waals surface area contributed by atoms with Crippen molar-refractivity contribution in [2.75, 3.05) is 6.54 Å². The van der Waals surface area contributed by atoms with Crippen molar-refractivity contribution in [3.05, 3.63) is 108 Å². The molecule has 0 aliphatic carbocycles. The molecule has 2 aromatic heterocycles. The van der Waals surface area contributed by atoms with E-state index in [9.17, 15) is 62.6 Å². The van der Waals surface area contributed by atoms with E-state index in [2.05, 4.69) is 67.8 Å². The number of nitrogens with one attached hydrogen (secondary N) is 11. The molecule has 490 valence electrons. The molecule has 0 unspecified atom stereocenters. The van der Waals surface area contributed by atoms with Gasteiger partial charge in [-0.25, -0.2) is 14.8 Å². The first-order valence-corrected chi connectivity index (χ1v) is 29.7. The van der Waals surface area contributed by atoms with Gasteiger partial charge in [0.2, 0.25) is 59.1 Å². The van der Waals surface area contributed by atoms with E-state index in [0.29, 0.717) is 35.4 Å². The molecule has 30 nitrogen and oxygen atoms in total. The van der Waals surface area contributed by atoms with Crippen molar-refractivity contribution >= 4 is 71.0 Å². The Kier molecular flexibility index (Phi) is 30.2. The van der Waals surface area contributed by atoms with Crippen LogP contribution in [0.3, 0.4) is 0 Å². The highest BCUT2D eigenvalue weighted by atomic mass is 16.4. The smallest absolute Gasteiger partial charge is 0.326 e. The summed E-state index contributed by atoms with van der Waals surface area (Å²) in [7, 11) is 0. The number of rotatable bonds is 40. The van der Waals surface area contributed by atoms with E-state index in [0.717, 1.165) is 0 Å². The van der Waals surface area contributed by atoms with E-state index in [4.69, 9.17) is 22.3 Å². The van der Waals surface area contributed by atoms with Gasteiger partial charge in [-0.1, -0.05) is 88.4 Å². The lowest BCUT2D eigenvalue weighted by atomic mass is 9.98. The van der Waals surface area contributed by atoms with E-state index >= 15 is 0 Å². The third-order valence-electron chi connectivity index (χ3n) is 14.3. The van der Waals surface area contributed by atoms with Crippen LogP contribution in [-0.4, -0.2) is 168 Å². The van der Waals surface area contributed by atoms with Crippen molar-refractivity contribution in [1.29, 1.82) is 0 Å². The normalized spacial score (nSPS) is 14.5. The number of H-pyrrole nitrogens is 2. The molecule has 0 aliphatic heterocycles. The van der Waals surface area contributed by atoms with Crippen LogP contribution >= 0.6 is 0 Å². The topological polar surface area (TPSA) is 489 Å². The quantitative estimate of drug-likeness (QED) is 0.0218. The third-order valence-corrected chi connectivity index (χ3v) is 14.3. The van der Waals surface area contributed by atoms with Crippen LogP contribution < -0.4 is 65.1 Å². The summed E-state index contributed by atoms with van der Waals surface area (Å²) in [6, 6.07) is 3.30. The molecule has 4 aromatic rings. The van der Waals surface area contributed by atoms with Crippen LogP contribution in [0.4, 0.5) is 0 Å². The Bertz CT molecular complexity index is 3000. The number of carbonyl (C=O) groups excluding carboxylic acids is 10. The maximum atomic E-state index is 14.6. The number of nitrogens with two attached hydrogens (primary N) is 3. The minimum absolute atomic E-state index is 0.0124. The number of hydrogen-bond acceptors (Lipinski definition) is 16. The number of nitrogens with zero attached hydrogens (tertiary/aromatic N) is 2. The van der Waals surface area contributed by atoms with Crippen molar-refractivity contribution in [1.82, 2.24) is 67.8 Å². The largest absolute Gasteiger partial charge is 0.481 e. The monoisotopic (exact) mass is 1250 g/mol. The van der Waals surface area contributed by atoms with Gasteiger partial charge in [-0.05, 0) is 75.0 Å². The van der Waals surface area contributed by atoms with Gasteiger partial charge in [-0.3, -0.25) is 52.7 Å². The zero-order valence-corrected chi connectivity index (χ0v) is 51.1. The number of primary amides is 1. The Morgan fingerprint density at radius 1 is 0.478 bits per heavy atom. The number of carbonyl (C=O) groups is 12. The molecular formula is C60H86N16O14. The molecule has 0 fully saturated rings. The molecule has 90 heavy (non-hydrogen) atoms. The average Bonchev–Trinajstić information content (AvgIpc) is 1.80. The predicted molar refractivity (Wildman–Crippen MR) is 326 cm³/mol. The Labute approximate surface area is 520 Å². The summed E-state index contributed by atoms with van der Waals surface area (Å²) in [6.45, 7) is 8.34. The highest BCUT2D eigenvalue weighted by molar-refractivity contribution is 5.99. The summed E-state index contributed by atoms with van der Waals surface area (Å²) < 4.78 is 0. The summed E-state index contributed by atoms with van der Waals surface area (Å²) in [5.41, 5.74) is 19.6. The SMILES string of the molecule is CC(C)C[C@@H](NC(=O)[C@@H](CCCCN)NC(=O)[C@@H](CCC(N)=O)NC(=O)[C@@H](Cc1cnc[nH]1)NC(=O)[C@H](N)Cc1cnc[nH]1)C(=O)N[C@@H](C(=O)N[C@H](Cc1ccccc1)C(=O)N[C@H](Cc1ccccc1)C(=O)N[C@H](C)C(=O)N[C@H](CCC(=O)O)C(=O)O)C(C)C. The average molecular weight is 1260 g/mol. The molecule has 30 heteroatoms. The number of unbranched alkanes of at least 4 members (excludes halogenated alkanes) is 1. The number of carboxylic acid groups (broad SMARTS) is 2. The maximum Gasteiger partial charge on any atom is 0.326 e. The minimum Gasteiger partial charge on any atom is -0.481 e. The molecule has 0 saturated carbocycles. The van der Waals surface area contributed by atoms with Gasteiger partial charge in [0, 0.05) is 62.3 Å². The Balaban J connectivity index is 1.57. The van der Waals surface area contributed by atoms with E-state index in [1.54, 1.807) is 88.4 Å². The molecule has 4 rings (SSSR count). The number of imidazole rings is 2. The molecule has 0 spiro atoms. The number of aromatic nitrogens is 4. The number of amides is 10. The van der Waals surface area contributed by atoms with Gasteiger partial charge in [-0.15, -0.1) is 0 Å². The standard InChI is InChI=1S/C60H86N16O14/c1-33(2)24-44(73-53(82)41(18-12-13-23-61)69-54(83)42(19-21-48(63)77)70-57(86)47(28-39-30-65-32-67-39)72-52(81)40(62)27-38-29-64-31-66-38)58(87)76-50(34(3)4)59(88)75-46(26-37-16-10-7-11-17-37)56(85)74-45(25-36-14-8-6-9-15-36)55(84)68-35(5)51(80)71-43(60(89)90)20-22-49(78)79/h6-11,14-17,29-35,40-47,50H,12-13,18-28,61-62H2,1-5H3,(H2,63,77)(H,64,66)(H,65,67)(H,68,84)(H,69,83)(H,70,86)(H,71,80)(H,72,81)(H,73,82)(H,74,85)(H,75,88)(H,76,87)(H,78,79)(H,89,90)/t35-,40-,41-,42-,43-,44-,45-,46-,47-,50-/m1/s1. The van der Waals surface area contributed by atoms with Crippen LogP contribution in [0.1, 0.15) is 109 Å². The summed E-state index contributed by atoms with van der Waals surface area (Å²) in [5, 5.41) is 42.2. The molecule has 0 aliphatic rings. The van der Waals surface area contributed by atoms with Gasteiger partial charge >= 0.3 is 11.9 Å². The highest BCUT2D eigenvalue weighted by Crippen LogP contribution is 2.14. The number of carboxylic acids is 2. The summed E-state index contributed by atoms with van der Waals surface area (Å²) in [4.78, 5) is 176. The van der Waals surface area contributed by atoms with Gasteiger partial charge in [0.15, 0.2) is 0 Å². The Morgan fingerprint density at radius 2 is 0.911 bits per heavy atom. The second-order valence-electron chi connectivity index (χ2n) is 22.6. The van der Waals surface area contributed by atoms with Crippen molar-refractivity contribution < 1.29 is 67.7 Å². The van der Waals surface area contributed by atoms with Gasteiger partial charge in [-0.2, -0.15) is 0 Å². The number of aliphatic carboxylic acids is 2. The first-order valence-electron chi connectivity index (χ1n) is 29.7. The number of hydrogen-bond donors (Lipinski definition) is 16. The maximum absolute atomic E-state index is 14.6. The number of benzene rings is 2. The second kappa shape index (κ2) is 37.3. The lowest BCUT2D eigenvalue weighted by Gasteiger charge is -2.30. The van der Waals surface area contributed by atoms with E-state index in [-0.39, 0.29) is 63.8 Å². The van der Waals surface area contributed by atoms with Crippen LogP contribution in [0.15, 0.2) is 85.7 Å². The molecule has 0 saturated heterocycles. The molecule has 2 aromatic carbocycles. The van der Waals surface area contributed by atoms with E-state index < -0.39 is 150 Å². The summed E-state index contributed by atoms with van der Waals surface area (Å²) >= 11 is 0. The van der Waals surface area contributed by atoms with Crippen LogP contribution in [-0.2, 0) is 83.2 Å². The van der Waals surface area contributed by atoms with Crippen LogP contribution in [0, 0.1) is 11.8 Å². The summed E-state index contributed by atoms with van der Waals surface area (Å²) in [6.07, 6.45) is 4.38. The van der Waals surface area contributed by atoms with Gasteiger partial charge in [0.1, 0.15) is 54.4 Å². The predicted octanol–water partition coefficient (Wildman–Crippen LogP) is -1.84. The first kappa shape index (κ1) is 72.9. The van der Waals surface area contributed by atoms with E-state index in [1.807, 2.05) is 0 Å². The van der Waals surface area contributed by atoms with Gasteiger partial charge in [0.05, 0.1) is 18.7 Å². The highest BCUT2D eigenvalue weighted by Gasteiger charge is 2.37. The molecule has 19 N–H and O–H groups in total. The Morgan fingerprint density at radius 3 is 1.39 bits per heavy atom. The van der Waals surface area contributed by atoms with Crippen molar-refractivity contribution in [2.24, 2.45) is 29.0 Å². The fourth-order valence-electron chi connectivity index (χ4n) is 9.31. The van der Waals surface area contributed by atoms with Crippen molar-refractivity contribution in [2.45, 2.75) is 172 Å². The molecule has 10 atom stereocenters. The van der Waals surface area contributed by atoms with Crippen molar-refractivity contribution in [3.8, 4) is 0 Å². The van der Waals surface area contributed by atoms with Crippen LogP contribution in [0.5, 0.6) is 0 Å². The zero-order chi connectivity index (χ0) is 66.5. The zero-order valence-electron chi connectivity index (χ0n) is 51.1. The van der Waals surface area contributed by atoms with Crippen LogP contribution in [0.25, 0.3) is 0 Å². The first-order chi connectivity index (χ1) is 42.7. The lowest BCUT2D eigenvalue weighted by molar-refractivity contribution is -0.143. The van der Waals surface area contributed by atoms with Gasteiger partial charge < -0.3 is 85.2 Å². The van der Waals surface area contributed by atoms with Crippen molar-refractivity contribution in [3.63, 3.8) is 0 Å². The molecule has 0 radical (unpaired) electrons. The molecule has 0 bridgehead atoms. The van der Waals surface area contributed by atoms with Crippen LogP contribution in [0.2, 0.25) is 0 Å². The summed E-state index contributed by atoms with van der Waals surface area (Å²) in [5.74, 6) is -12.1. The second-order valence-corrected chi connectivity index (χ2v) is 22.6. The van der Waals surface area contributed by atoms with E-state index in [1.165, 1.54) is 32.0 Å². The lowest BCUT2D eigenvalue weighted by Crippen LogP contribution is -2.61. The third kappa shape index (κ3) is 25.6. The van der Waals surface area contributed by atoms with Gasteiger partial charge in [0.25, 0.3) is 0 Å². The Hall–Kier alpha value is -9.58. The molecule has 10 amide bonds.